The van der Waals surface area contributed by atoms with Crippen LogP contribution in [0.3, 0.4) is 0 Å². The maximum absolute atomic E-state index is 14.0. The third-order valence-electron chi connectivity index (χ3n) is 6.80. The molecular formula is C22H27N5O6. The zero-order chi connectivity index (χ0) is 23.8. The summed E-state index contributed by atoms with van der Waals surface area (Å²) in [5.41, 5.74) is 2.93. The van der Waals surface area contributed by atoms with Crippen molar-refractivity contribution < 1.29 is 28.6 Å². The lowest BCUT2D eigenvalue weighted by Gasteiger charge is -2.57. The van der Waals surface area contributed by atoms with Crippen LogP contribution < -0.4 is 5.73 Å². The predicted molar refractivity (Wildman–Crippen MR) is 113 cm³/mol. The maximum Gasteiger partial charge on any atom is 0.405 e. The van der Waals surface area contributed by atoms with Gasteiger partial charge in [0, 0.05) is 13.0 Å². The third kappa shape index (κ3) is 3.62. The smallest absolute Gasteiger partial charge is 0.405 e. The van der Waals surface area contributed by atoms with E-state index in [1.54, 1.807) is 29.2 Å². The van der Waals surface area contributed by atoms with Crippen molar-refractivity contribution >= 4 is 17.9 Å². The predicted octanol–water partition coefficient (Wildman–Crippen LogP) is 0.619. The van der Waals surface area contributed by atoms with Crippen molar-refractivity contribution in [3.05, 3.63) is 48.2 Å². The highest BCUT2D eigenvalue weighted by Gasteiger charge is 2.67. The monoisotopic (exact) mass is 457 g/mol. The number of carbonyl (C=O) groups excluding carboxylic acids is 3. The van der Waals surface area contributed by atoms with Gasteiger partial charge in [-0.3, -0.25) is 9.59 Å². The standard InChI is InChI=1S/C22H27N5O6/c1-14-21(18(29)26(14)12-17-25-24-13-32-17)9-6-10-27(21)19(30)22(15(2)28,33-20(23)31)11-16-7-4-3-5-8-16/h3-5,7-8,13-15,28H,6,9-12H2,1-2H3,(H2,23,31)/t14?,15-,21?,22+/m1/s1. The molecule has 33 heavy (non-hydrogen) atoms. The Morgan fingerprint density at radius 3 is 2.70 bits per heavy atom. The molecule has 4 rings (SSSR count). The molecule has 2 saturated heterocycles. The first-order valence-electron chi connectivity index (χ1n) is 10.8. The van der Waals surface area contributed by atoms with E-state index in [0.29, 0.717) is 24.3 Å². The summed E-state index contributed by atoms with van der Waals surface area (Å²) in [6.07, 6.45) is -0.415. The second-order valence-electron chi connectivity index (χ2n) is 8.58. The van der Waals surface area contributed by atoms with Gasteiger partial charge in [0.15, 0.2) is 0 Å². The average molecular weight is 457 g/mol. The molecule has 3 N–H and O–H groups in total. The number of amides is 3. The minimum Gasteiger partial charge on any atom is -0.430 e. The van der Waals surface area contributed by atoms with Crippen molar-refractivity contribution in [1.82, 2.24) is 20.0 Å². The van der Waals surface area contributed by atoms with Crippen LogP contribution in [0.15, 0.2) is 41.1 Å². The minimum atomic E-state index is -1.97. The number of primary amides is 1. The number of aliphatic hydroxyl groups is 1. The number of aromatic nitrogens is 2. The van der Waals surface area contributed by atoms with Crippen LogP contribution in [0.2, 0.25) is 0 Å². The second-order valence-corrected chi connectivity index (χ2v) is 8.58. The van der Waals surface area contributed by atoms with Crippen LogP contribution in [0.25, 0.3) is 0 Å². The largest absolute Gasteiger partial charge is 0.430 e. The van der Waals surface area contributed by atoms with Crippen LogP contribution >= 0.6 is 0 Å². The topological polar surface area (TPSA) is 152 Å². The van der Waals surface area contributed by atoms with Crippen molar-refractivity contribution in [1.29, 1.82) is 0 Å². The van der Waals surface area contributed by atoms with E-state index in [1.807, 2.05) is 13.0 Å². The van der Waals surface area contributed by atoms with Crippen molar-refractivity contribution in [2.75, 3.05) is 6.54 Å². The number of nitrogens with zero attached hydrogens (tertiary/aromatic N) is 4. The number of hydrogen-bond acceptors (Lipinski definition) is 8. The van der Waals surface area contributed by atoms with Gasteiger partial charge in [-0.2, -0.15) is 0 Å². The normalized spacial score (nSPS) is 24.9. The van der Waals surface area contributed by atoms with Crippen LogP contribution in [-0.4, -0.2) is 72.8 Å². The molecule has 2 unspecified atom stereocenters. The lowest BCUT2D eigenvalue weighted by Crippen LogP contribution is -2.79. The summed E-state index contributed by atoms with van der Waals surface area (Å²) in [5, 5.41) is 18.2. The molecule has 0 saturated carbocycles. The van der Waals surface area contributed by atoms with E-state index >= 15 is 0 Å². The van der Waals surface area contributed by atoms with Crippen molar-refractivity contribution in [2.24, 2.45) is 5.73 Å². The fourth-order valence-corrected chi connectivity index (χ4v) is 5.07. The van der Waals surface area contributed by atoms with Gasteiger partial charge in [0.2, 0.25) is 17.9 Å². The molecule has 1 spiro atoms. The molecule has 2 aromatic rings. The highest BCUT2D eigenvalue weighted by molar-refractivity contribution is 6.00. The van der Waals surface area contributed by atoms with E-state index in [9.17, 15) is 19.5 Å². The molecule has 4 atom stereocenters. The molecule has 0 radical (unpaired) electrons. The summed E-state index contributed by atoms with van der Waals surface area (Å²) < 4.78 is 10.5. The Labute approximate surface area is 190 Å². The first-order valence-corrected chi connectivity index (χ1v) is 10.8. The molecule has 2 fully saturated rings. The highest BCUT2D eigenvalue weighted by Crippen LogP contribution is 2.46. The number of hydrogen-bond donors (Lipinski definition) is 2. The average Bonchev–Trinajstić information content (AvgIpc) is 3.47. The molecule has 1 aromatic heterocycles. The highest BCUT2D eigenvalue weighted by atomic mass is 16.6. The van der Waals surface area contributed by atoms with Gasteiger partial charge in [-0.05, 0) is 32.3 Å². The molecule has 0 aliphatic carbocycles. The lowest BCUT2D eigenvalue weighted by molar-refractivity contribution is -0.190. The number of likely N-dealkylation sites (tertiary alicyclic amines) is 2. The molecule has 0 bridgehead atoms. The Bertz CT molecular complexity index is 1030. The van der Waals surface area contributed by atoms with Gasteiger partial charge in [-0.25, -0.2) is 4.79 Å². The SMILES string of the molecule is CC1N(Cc2nnco2)C(=O)C12CCCN2C(=O)[C@@](Cc1ccccc1)(OC(N)=O)[C@@H](C)O. The van der Waals surface area contributed by atoms with Crippen LogP contribution in [-0.2, 0) is 27.3 Å². The quantitative estimate of drug-likeness (QED) is 0.574. The Hall–Kier alpha value is -3.47. The summed E-state index contributed by atoms with van der Waals surface area (Å²) in [5.74, 6) is -0.604. The number of β-lactam (4-membered cyclic amide) rings is 1. The van der Waals surface area contributed by atoms with Crippen molar-refractivity contribution in [3.8, 4) is 0 Å². The summed E-state index contributed by atoms with van der Waals surface area (Å²) >= 11 is 0. The van der Waals surface area contributed by atoms with Crippen LogP contribution in [0, 0.1) is 0 Å². The maximum atomic E-state index is 14.0. The van der Waals surface area contributed by atoms with Gasteiger partial charge in [0.1, 0.15) is 11.6 Å². The van der Waals surface area contributed by atoms with Crippen molar-refractivity contribution in [2.45, 2.75) is 62.9 Å². The van der Waals surface area contributed by atoms with E-state index in [-0.39, 0.29) is 31.5 Å². The van der Waals surface area contributed by atoms with Crippen LogP contribution in [0.5, 0.6) is 0 Å². The van der Waals surface area contributed by atoms with Gasteiger partial charge in [0.05, 0.1) is 12.6 Å². The number of carbonyl (C=O) groups is 3. The number of aliphatic hydroxyl groups excluding tert-OH is 1. The Kier molecular flexibility index (Phi) is 5.83. The molecule has 3 amide bonds. The zero-order valence-corrected chi connectivity index (χ0v) is 18.5. The second kappa shape index (κ2) is 8.47. The molecule has 2 aliphatic rings. The van der Waals surface area contributed by atoms with E-state index in [2.05, 4.69) is 10.2 Å². The fourth-order valence-electron chi connectivity index (χ4n) is 5.07. The van der Waals surface area contributed by atoms with Gasteiger partial charge >= 0.3 is 6.09 Å². The number of rotatable bonds is 7. The minimum absolute atomic E-state index is 0.0892. The van der Waals surface area contributed by atoms with E-state index in [4.69, 9.17) is 14.9 Å². The first kappa shape index (κ1) is 22.7. The summed E-state index contributed by atoms with van der Waals surface area (Å²) in [7, 11) is 0. The number of benzene rings is 1. The lowest BCUT2D eigenvalue weighted by atomic mass is 9.76. The summed E-state index contributed by atoms with van der Waals surface area (Å²) in [6.45, 7) is 3.64. The molecule has 2 aliphatic heterocycles. The molecule has 1 aromatic carbocycles. The molecule has 176 valence electrons. The Balaban J connectivity index is 1.66. The van der Waals surface area contributed by atoms with Crippen LogP contribution in [0.4, 0.5) is 4.79 Å². The molecule has 11 nitrogen and oxygen atoms in total. The number of nitrogens with two attached hydrogens (primary N) is 1. The Morgan fingerprint density at radius 2 is 2.12 bits per heavy atom. The molecule has 3 heterocycles. The van der Waals surface area contributed by atoms with Crippen molar-refractivity contribution in [3.63, 3.8) is 0 Å². The van der Waals surface area contributed by atoms with Gasteiger partial charge < -0.3 is 29.8 Å². The van der Waals surface area contributed by atoms with E-state index in [0.717, 1.165) is 0 Å². The van der Waals surface area contributed by atoms with Gasteiger partial charge in [0.25, 0.3) is 11.8 Å². The van der Waals surface area contributed by atoms with E-state index < -0.39 is 29.2 Å². The van der Waals surface area contributed by atoms with E-state index in [1.165, 1.54) is 18.2 Å². The van der Waals surface area contributed by atoms with Gasteiger partial charge in [-0.1, -0.05) is 30.3 Å². The van der Waals surface area contributed by atoms with Gasteiger partial charge in [-0.15, -0.1) is 10.2 Å². The molecular weight excluding hydrogens is 430 g/mol. The zero-order valence-electron chi connectivity index (χ0n) is 18.5. The third-order valence-corrected chi connectivity index (χ3v) is 6.80. The number of ether oxygens (including phenoxy) is 1. The van der Waals surface area contributed by atoms with Crippen LogP contribution in [0.1, 0.15) is 38.1 Å². The fraction of sp³-hybridized carbons (Fsp3) is 0.500. The Morgan fingerprint density at radius 1 is 1.39 bits per heavy atom. The summed E-state index contributed by atoms with van der Waals surface area (Å²) in [4.78, 5) is 42.2. The summed E-state index contributed by atoms with van der Waals surface area (Å²) in [6, 6.07) is 8.55. The first-order chi connectivity index (χ1) is 15.7. The molecule has 11 heteroatoms.